The number of aliphatic imine (C=N–C) groups is 1. The lowest BCUT2D eigenvalue weighted by molar-refractivity contribution is 0.629. The van der Waals surface area contributed by atoms with Crippen molar-refractivity contribution in [3.8, 4) is 0 Å². The summed E-state index contributed by atoms with van der Waals surface area (Å²) >= 11 is 1.78. The van der Waals surface area contributed by atoms with Gasteiger partial charge in [-0.25, -0.2) is 4.39 Å². The highest BCUT2D eigenvalue weighted by Crippen LogP contribution is 2.19. The lowest BCUT2D eigenvalue weighted by Gasteiger charge is -2.11. The van der Waals surface area contributed by atoms with Crippen LogP contribution in [0.5, 0.6) is 0 Å². The minimum absolute atomic E-state index is 0. The lowest BCUT2D eigenvalue weighted by atomic mass is 10.1. The predicted molar refractivity (Wildman–Crippen MR) is 115 cm³/mol. The van der Waals surface area contributed by atoms with Gasteiger partial charge in [-0.05, 0) is 49.2 Å². The molecule has 7 heteroatoms. The molecule has 2 heterocycles. The highest BCUT2D eigenvalue weighted by Gasteiger charge is 2.05. The zero-order chi connectivity index (χ0) is 16.9. The van der Waals surface area contributed by atoms with E-state index in [0.29, 0.717) is 0 Å². The Morgan fingerprint density at radius 1 is 1.24 bits per heavy atom. The number of aromatic nitrogens is 1. The Kier molecular flexibility index (Phi) is 7.24. The molecule has 0 radical (unpaired) electrons. The molecule has 3 aromatic rings. The predicted octanol–water partition coefficient (Wildman–Crippen LogP) is 4.20. The number of hydrogen-bond donors (Lipinski definition) is 3. The first-order valence-corrected chi connectivity index (χ1v) is 8.72. The van der Waals surface area contributed by atoms with Crippen molar-refractivity contribution in [2.24, 2.45) is 4.99 Å². The van der Waals surface area contributed by atoms with Gasteiger partial charge in [0.2, 0.25) is 0 Å². The average Bonchev–Trinajstić information content (AvgIpc) is 3.16. The van der Waals surface area contributed by atoms with Crippen LogP contribution in [0.3, 0.4) is 0 Å². The van der Waals surface area contributed by atoms with Crippen LogP contribution in [0.25, 0.3) is 10.9 Å². The summed E-state index contributed by atoms with van der Waals surface area (Å²) in [5, 5.41) is 7.70. The highest BCUT2D eigenvalue weighted by molar-refractivity contribution is 14.0. The Labute approximate surface area is 168 Å². The fraction of sp³-hybridized carbons (Fsp3) is 0.278. The molecule has 0 atom stereocenters. The molecule has 0 spiro atoms. The van der Waals surface area contributed by atoms with Gasteiger partial charge in [0.25, 0.3) is 0 Å². The number of halogens is 2. The number of rotatable bonds is 5. The Morgan fingerprint density at radius 3 is 2.80 bits per heavy atom. The van der Waals surface area contributed by atoms with E-state index >= 15 is 0 Å². The molecule has 0 saturated heterocycles. The van der Waals surface area contributed by atoms with E-state index in [0.717, 1.165) is 36.4 Å². The SMILES string of the molecule is CN=C(NCCc1c[nH]c2cc(F)ccc12)NCc1ccc(C)s1.I. The van der Waals surface area contributed by atoms with E-state index in [2.05, 4.69) is 39.7 Å². The van der Waals surface area contributed by atoms with Crippen LogP contribution in [-0.4, -0.2) is 24.5 Å². The number of hydrogen-bond acceptors (Lipinski definition) is 2. The third kappa shape index (κ3) is 5.18. The molecule has 0 fully saturated rings. The topological polar surface area (TPSA) is 52.2 Å². The van der Waals surface area contributed by atoms with Crippen molar-refractivity contribution in [1.82, 2.24) is 15.6 Å². The lowest BCUT2D eigenvalue weighted by Crippen LogP contribution is -2.37. The number of nitrogens with zero attached hydrogens (tertiary/aromatic N) is 1. The molecule has 3 rings (SSSR count). The van der Waals surface area contributed by atoms with Crippen LogP contribution in [0.15, 0.2) is 41.5 Å². The van der Waals surface area contributed by atoms with Crippen molar-refractivity contribution in [2.75, 3.05) is 13.6 Å². The van der Waals surface area contributed by atoms with Crippen molar-refractivity contribution in [1.29, 1.82) is 0 Å². The van der Waals surface area contributed by atoms with Gasteiger partial charge in [0.1, 0.15) is 5.82 Å². The van der Waals surface area contributed by atoms with Crippen LogP contribution in [0, 0.1) is 12.7 Å². The normalized spacial score (nSPS) is 11.4. The Balaban J connectivity index is 0.00000225. The summed E-state index contributed by atoms with van der Waals surface area (Å²) in [4.78, 5) is 9.96. The number of thiophene rings is 1. The molecule has 3 N–H and O–H groups in total. The summed E-state index contributed by atoms with van der Waals surface area (Å²) < 4.78 is 13.2. The first kappa shape index (κ1) is 19.7. The molecule has 134 valence electrons. The monoisotopic (exact) mass is 472 g/mol. The molecule has 25 heavy (non-hydrogen) atoms. The fourth-order valence-electron chi connectivity index (χ4n) is 2.65. The van der Waals surface area contributed by atoms with Crippen LogP contribution in [0.4, 0.5) is 4.39 Å². The zero-order valence-electron chi connectivity index (χ0n) is 14.2. The van der Waals surface area contributed by atoms with Crippen molar-refractivity contribution < 1.29 is 4.39 Å². The molecule has 0 bridgehead atoms. The van der Waals surface area contributed by atoms with Crippen molar-refractivity contribution in [3.63, 3.8) is 0 Å². The third-order valence-electron chi connectivity index (χ3n) is 3.87. The molecule has 0 aliphatic heterocycles. The van der Waals surface area contributed by atoms with Gasteiger partial charge >= 0.3 is 0 Å². The van der Waals surface area contributed by atoms with Crippen molar-refractivity contribution in [2.45, 2.75) is 19.9 Å². The first-order valence-electron chi connectivity index (χ1n) is 7.91. The maximum absolute atomic E-state index is 13.2. The number of nitrogens with one attached hydrogen (secondary N) is 3. The molecule has 2 aromatic heterocycles. The Morgan fingerprint density at radius 2 is 2.08 bits per heavy atom. The molecule has 0 aliphatic rings. The molecule has 0 saturated carbocycles. The molecular weight excluding hydrogens is 450 g/mol. The van der Waals surface area contributed by atoms with Gasteiger partial charge in [-0.3, -0.25) is 4.99 Å². The smallest absolute Gasteiger partial charge is 0.191 e. The largest absolute Gasteiger partial charge is 0.361 e. The maximum atomic E-state index is 13.2. The summed E-state index contributed by atoms with van der Waals surface area (Å²) in [7, 11) is 1.77. The van der Waals surface area contributed by atoms with Gasteiger partial charge in [0, 0.05) is 40.4 Å². The van der Waals surface area contributed by atoms with Crippen LogP contribution >= 0.6 is 35.3 Å². The van der Waals surface area contributed by atoms with Crippen LogP contribution in [-0.2, 0) is 13.0 Å². The van der Waals surface area contributed by atoms with E-state index < -0.39 is 0 Å². The van der Waals surface area contributed by atoms with Gasteiger partial charge in [-0.2, -0.15) is 0 Å². The minimum Gasteiger partial charge on any atom is -0.361 e. The third-order valence-corrected chi connectivity index (χ3v) is 4.87. The van der Waals surface area contributed by atoms with Crippen molar-refractivity contribution in [3.05, 3.63) is 57.7 Å². The van der Waals surface area contributed by atoms with Gasteiger partial charge < -0.3 is 15.6 Å². The second-order valence-corrected chi connectivity index (χ2v) is 6.99. The number of aromatic amines is 1. The van der Waals surface area contributed by atoms with E-state index in [1.54, 1.807) is 18.4 Å². The fourth-order valence-corrected chi connectivity index (χ4v) is 3.48. The summed E-state index contributed by atoms with van der Waals surface area (Å²) in [6.45, 7) is 3.63. The molecule has 0 aliphatic carbocycles. The van der Waals surface area contributed by atoms with Gasteiger partial charge in [-0.1, -0.05) is 0 Å². The number of guanidine groups is 1. The van der Waals surface area contributed by atoms with Gasteiger partial charge in [-0.15, -0.1) is 35.3 Å². The summed E-state index contributed by atoms with van der Waals surface area (Å²) in [5.74, 6) is 0.564. The maximum Gasteiger partial charge on any atom is 0.191 e. The van der Waals surface area contributed by atoms with Gasteiger partial charge in [0.15, 0.2) is 5.96 Å². The number of aryl methyl sites for hydroxylation is 1. The van der Waals surface area contributed by atoms with Gasteiger partial charge in [0.05, 0.1) is 6.54 Å². The first-order chi connectivity index (χ1) is 11.7. The minimum atomic E-state index is -0.220. The Bertz CT molecular complexity index is 856. The van der Waals surface area contributed by atoms with Crippen molar-refractivity contribution >= 4 is 52.2 Å². The molecule has 1 aromatic carbocycles. The van der Waals surface area contributed by atoms with E-state index in [1.807, 2.05) is 12.3 Å². The summed E-state index contributed by atoms with van der Waals surface area (Å²) in [6, 6.07) is 9.10. The van der Waals surface area contributed by atoms with Crippen LogP contribution in [0.2, 0.25) is 0 Å². The number of H-pyrrole nitrogens is 1. The van der Waals surface area contributed by atoms with E-state index in [9.17, 15) is 4.39 Å². The standard InChI is InChI=1S/C18H21FN4S.HI/c1-12-3-5-15(24-12)11-23-18(20-2)21-8-7-13-10-22-17-9-14(19)4-6-16(13)17;/h3-6,9-10,22H,7-8,11H2,1-2H3,(H2,20,21,23);1H. The van der Waals surface area contributed by atoms with Crippen LogP contribution < -0.4 is 10.6 Å². The molecule has 0 amide bonds. The second-order valence-electron chi connectivity index (χ2n) is 5.62. The number of benzene rings is 1. The highest BCUT2D eigenvalue weighted by atomic mass is 127. The van der Waals surface area contributed by atoms with E-state index in [-0.39, 0.29) is 29.8 Å². The quantitative estimate of drug-likeness (QED) is 0.296. The van der Waals surface area contributed by atoms with Crippen LogP contribution in [0.1, 0.15) is 15.3 Å². The Hall–Kier alpha value is -1.61. The summed E-state index contributed by atoms with van der Waals surface area (Å²) in [5.41, 5.74) is 2.00. The number of fused-ring (bicyclic) bond motifs is 1. The second kappa shape index (κ2) is 9.19. The zero-order valence-corrected chi connectivity index (χ0v) is 17.4. The average molecular weight is 472 g/mol. The molecule has 4 nitrogen and oxygen atoms in total. The van der Waals surface area contributed by atoms with E-state index in [4.69, 9.17) is 0 Å². The van der Waals surface area contributed by atoms with E-state index in [1.165, 1.54) is 27.5 Å². The molecular formula is C18H22FIN4S. The summed E-state index contributed by atoms with van der Waals surface area (Å²) in [6.07, 6.45) is 2.78. The molecule has 0 unspecified atom stereocenters.